The zero-order valence-corrected chi connectivity index (χ0v) is 17.8. The van der Waals surface area contributed by atoms with E-state index >= 15 is 0 Å². The fourth-order valence-corrected chi connectivity index (χ4v) is 4.90. The number of hydrogen-bond donors (Lipinski definition) is 1. The van der Waals surface area contributed by atoms with Crippen LogP contribution in [0.15, 0.2) is 48.7 Å². The number of nitrogens with one attached hydrogen (secondary N) is 1. The van der Waals surface area contributed by atoms with Crippen LogP contribution in [-0.4, -0.2) is 28.1 Å². The van der Waals surface area contributed by atoms with Gasteiger partial charge in [0.2, 0.25) is 11.8 Å². The Labute approximate surface area is 183 Å². The maximum Gasteiger partial charge on any atom is 0.242 e. The first kappa shape index (κ1) is 19.8. The molecule has 6 nitrogen and oxygen atoms in total. The third kappa shape index (κ3) is 2.80. The molecule has 1 aromatic heterocycles. The number of halogens is 2. The number of hydrogen-bond acceptors (Lipinski definition) is 3. The van der Waals surface area contributed by atoms with Gasteiger partial charge in [0.05, 0.1) is 22.6 Å². The van der Waals surface area contributed by atoms with E-state index in [0.29, 0.717) is 39.9 Å². The number of fused-ring (bicyclic) bond motifs is 4. The maximum absolute atomic E-state index is 13.9. The standard InChI is InChI=1S/C23H20ClFN4O2/c1-13(2)12-28-20-16(4-3-5-18(20)24)23(22(28)31)10-19(30)27-21-17(23)11-26-29(21)15-8-6-14(25)7-9-15/h3-9,11,13H,10,12H2,1-2H3,(H,27,30)/t23-/m0/s1. The molecule has 1 N–H and O–H groups in total. The zero-order valence-electron chi connectivity index (χ0n) is 17.0. The lowest BCUT2D eigenvalue weighted by Crippen LogP contribution is -2.47. The van der Waals surface area contributed by atoms with Crippen LogP contribution in [-0.2, 0) is 15.0 Å². The Balaban J connectivity index is 1.75. The van der Waals surface area contributed by atoms with E-state index in [-0.39, 0.29) is 30.0 Å². The van der Waals surface area contributed by atoms with Gasteiger partial charge in [-0.1, -0.05) is 37.6 Å². The lowest BCUT2D eigenvalue weighted by Gasteiger charge is -2.32. The molecule has 1 spiro atoms. The monoisotopic (exact) mass is 438 g/mol. The molecule has 158 valence electrons. The molecule has 0 radical (unpaired) electrons. The zero-order chi connectivity index (χ0) is 21.9. The Kier molecular flexibility index (Phi) is 4.41. The van der Waals surface area contributed by atoms with Crippen molar-refractivity contribution in [3.8, 4) is 5.69 Å². The summed E-state index contributed by atoms with van der Waals surface area (Å²) in [5.41, 5.74) is 1.34. The van der Waals surface area contributed by atoms with Gasteiger partial charge in [-0.15, -0.1) is 0 Å². The van der Waals surface area contributed by atoms with Gasteiger partial charge in [-0.05, 0) is 41.8 Å². The predicted molar refractivity (Wildman–Crippen MR) is 116 cm³/mol. The molecule has 1 atom stereocenters. The summed E-state index contributed by atoms with van der Waals surface area (Å²) < 4.78 is 14.9. The van der Waals surface area contributed by atoms with Crippen LogP contribution in [0.2, 0.25) is 5.02 Å². The largest absolute Gasteiger partial charge is 0.310 e. The molecule has 2 aliphatic rings. The molecule has 5 rings (SSSR count). The van der Waals surface area contributed by atoms with Crippen molar-refractivity contribution in [3.05, 3.63) is 70.6 Å². The van der Waals surface area contributed by atoms with Crippen molar-refractivity contribution in [2.45, 2.75) is 25.7 Å². The topological polar surface area (TPSA) is 67.2 Å². The molecule has 0 unspecified atom stereocenters. The molecule has 0 fully saturated rings. The van der Waals surface area contributed by atoms with Gasteiger partial charge in [-0.3, -0.25) is 9.59 Å². The average Bonchev–Trinajstić information content (AvgIpc) is 3.23. The van der Waals surface area contributed by atoms with Crippen molar-refractivity contribution in [1.29, 1.82) is 0 Å². The number of nitrogens with zero attached hydrogens (tertiary/aromatic N) is 3. The minimum atomic E-state index is -1.20. The van der Waals surface area contributed by atoms with E-state index in [1.807, 2.05) is 19.9 Å². The highest BCUT2D eigenvalue weighted by molar-refractivity contribution is 6.35. The number of rotatable bonds is 3. The van der Waals surface area contributed by atoms with E-state index < -0.39 is 5.41 Å². The van der Waals surface area contributed by atoms with E-state index in [9.17, 15) is 14.0 Å². The molecule has 2 aromatic carbocycles. The number of para-hydroxylation sites is 1. The molecule has 0 saturated heterocycles. The van der Waals surface area contributed by atoms with E-state index in [4.69, 9.17) is 11.6 Å². The van der Waals surface area contributed by atoms with Crippen LogP contribution in [0.25, 0.3) is 5.69 Å². The highest BCUT2D eigenvalue weighted by Crippen LogP contribution is 2.54. The molecule has 0 aliphatic carbocycles. The van der Waals surface area contributed by atoms with E-state index in [0.717, 1.165) is 0 Å². The van der Waals surface area contributed by atoms with Gasteiger partial charge in [0.25, 0.3) is 0 Å². The fraction of sp³-hybridized carbons (Fsp3) is 0.261. The van der Waals surface area contributed by atoms with Crippen LogP contribution in [0.3, 0.4) is 0 Å². The van der Waals surface area contributed by atoms with Gasteiger partial charge in [0.15, 0.2) is 0 Å². The first-order valence-electron chi connectivity index (χ1n) is 10.1. The minimum absolute atomic E-state index is 0.0319. The van der Waals surface area contributed by atoms with Gasteiger partial charge in [0, 0.05) is 18.5 Å². The van der Waals surface area contributed by atoms with Crippen LogP contribution in [0, 0.1) is 11.7 Å². The van der Waals surface area contributed by atoms with Crippen LogP contribution < -0.4 is 10.2 Å². The van der Waals surface area contributed by atoms with Gasteiger partial charge in [-0.25, -0.2) is 9.07 Å². The highest BCUT2D eigenvalue weighted by atomic mass is 35.5. The summed E-state index contributed by atoms with van der Waals surface area (Å²) in [6.45, 7) is 4.54. The molecule has 0 saturated carbocycles. The molecule has 2 amide bonds. The summed E-state index contributed by atoms with van der Waals surface area (Å²) in [5, 5.41) is 7.77. The summed E-state index contributed by atoms with van der Waals surface area (Å²) in [6.07, 6.45) is 1.58. The summed E-state index contributed by atoms with van der Waals surface area (Å²) in [4.78, 5) is 28.5. The quantitative estimate of drug-likeness (QED) is 0.663. The molecule has 31 heavy (non-hydrogen) atoms. The van der Waals surface area contributed by atoms with Crippen molar-refractivity contribution in [1.82, 2.24) is 9.78 Å². The molecule has 0 bridgehead atoms. The summed E-state index contributed by atoms with van der Waals surface area (Å²) >= 11 is 6.54. The third-order valence-electron chi connectivity index (χ3n) is 5.86. The third-order valence-corrected chi connectivity index (χ3v) is 6.16. The maximum atomic E-state index is 13.9. The number of aromatic nitrogens is 2. The fourth-order valence-electron chi connectivity index (χ4n) is 4.62. The van der Waals surface area contributed by atoms with Crippen molar-refractivity contribution in [3.63, 3.8) is 0 Å². The summed E-state index contributed by atoms with van der Waals surface area (Å²) in [6, 6.07) is 11.2. The lowest BCUT2D eigenvalue weighted by atomic mass is 9.72. The van der Waals surface area contributed by atoms with Crippen molar-refractivity contribution in [2.75, 3.05) is 16.8 Å². The predicted octanol–water partition coefficient (Wildman–Crippen LogP) is 4.30. The van der Waals surface area contributed by atoms with Crippen molar-refractivity contribution >= 4 is 34.9 Å². The van der Waals surface area contributed by atoms with Crippen LogP contribution in [0.5, 0.6) is 0 Å². The summed E-state index contributed by atoms with van der Waals surface area (Å²) in [7, 11) is 0. The van der Waals surface area contributed by atoms with Crippen molar-refractivity contribution < 1.29 is 14.0 Å². The average molecular weight is 439 g/mol. The first-order chi connectivity index (χ1) is 14.8. The second-order valence-electron chi connectivity index (χ2n) is 8.37. The smallest absolute Gasteiger partial charge is 0.242 e. The first-order valence-corrected chi connectivity index (χ1v) is 10.5. The normalized spacial score (nSPS) is 19.7. The molecular formula is C23H20ClFN4O2. The number of carbonyl (C=O) groups excluding carboxylic acids is 2. The van der Waals surface area contributed by atoms with Crippen LogP contribution in [0.4, 0.5) is 15.9 Å². The van der Waals surface area contributed by atoms with Crippen LogP contribution in [0.1, 0.15) is 31.4 Å². The Bertz CT molecular complexity index is 1220. The second kappa shape index (κ2) is 6.92. The number of anilines is 2. The van der Waals surface area contributed by atoms with E-state index in [2.05, 4.69) is 10.4 Å². The van der Waals surface area contributed by atoms with Crippen LogP contribution >= 0.6 is 11.6 Å². The second-order valence-corrected chi connectivity index (χ2v) is 8.78. The Morgan fingerprint density at radius 2 is 1.90 bits per heavy atom. The molecule has 3 heterocycles. The van der Waals surface area contributed by atoms with E-state index in [1.165, 1.54) is 16.8 Å². The number of carbonyl (C=O) groups is 2. The van der Waals surface area contributed by atoms with Crippen molar-refractivity contribution in [2.24, 2.45) is 5.92 Å². The Morgan fingerprint density at radius 1 is 1.16 bits per heavy atom. The number of amides is 2. The molecule has 2 aliphatic heterocycles. The SMILES string of the molecule is CC(C)CN1C(=O)[C@@]2(CC(=O)Nc3c2cnn3-c2ccc(F)cc2)c2cccc(Cl)c21. The number of benzene rings is 2. The Hall–Kier alpha value is -3.19. The van der Waals surface area contributed by atoms with Gasteiger partial charge in [-0.2, -0.15) is 5.10 Å². The molecular weight excluding hydrogens is 419 g/mol. The van der Waals surface area contributed by atoms with Gasteiger partial charge >= 0.3 is 0 Å². The summed E-state index contributed by atoms with van der Waals surface area (Å²) in [5.74, 6) is -0.221. The van der Waals surface area contributed by atoms with Gasteiger partial charge in [0.1, 0.15) is 17.1 Å². The van der Waals surface area contributed by atoms with Gasteiger partial charge < -0.3 is 10.2 Å². The highest BCUT2D eigenvalue weighted by Gasteiger charge is 2.57. The lowest BCUT2D eigenvalue weighted by molar-refractivity contribution is -0.126. The molecule has 3 aromatic rings. The Morgan fingerprint density at radius 3 is 2.61 bits per heavy atom. The molecule has 8 heteroatoms. The van der Waals surface area contributed by atoms with E-state index in [1.54, 1.807) is 35.4 Å². The minimum Gasteiger partial charge on any atom is -0.310 e.